The van der Waals surface area contributed by atoms with Crippen LogP contribution in [0.5, 0.6) is 0 Å². The van der Waals surface area contributed by atoms with Crippen LogP contribution in [0.25, 0.3) is 0 Å². The van der Waals surface area contributed by atoms with Crippen molar-refractivity contribution in [2.45, 2.75) is 26.5 Å². The average molecular weight is 473 g/mol. The van der Waals surface area contributed by atoms with Gasteiger partial charge < -0.3 is 9.12 Å². The summed E-state index contributed by atoms with van der Waals surface area (Å²) in [7, 11) is 0. The predicted octanol–water partition coefficient (Wildman–Crippen LogP) is 6.89. The maximum absolute atomic E-state index is 12.8. The Kier molecular flexibility index (Phi) is 7.08. The highest BCUT2D eigenvalue weighted by Crippen LogP contribution is 2.39. The summed E-state index contributed by atoms with van der Waals surface area (Å²) in [5.41, 5.74) is 1.13. The lowest BCUT2D eigenvalue weighted by atomic mass is 10.1. The molecule has 1 heterocycles. The van der Waals surface area contributed by atoms with E-state index in [2.05, 4.69) is 4.98 Å². The van der Waals surface area contributed by atoms with Gasteiger partial charge in [0.1, 0.15) is 0 Å². The van der Waals surface area contributed by atoms with Crippen LogP contribution in [0.2, 0.25) is 10.0 Å². The molecule has 2 unspecified atom stereocenters. The normalized spacial score (nSPS) is 13.2. The van der Waals surface area contributed by atoms with E-state index < -0.39 is 11.2 Å². The Labute approximate surface area is 193 Å². The minimum absolute atomic E-state index is 0.121. The number of hydrogen-bond donors (Lipinski definition) is 0. The van der Waals surface area contributed by atoms with Gasteiger partial charge in [-0.25, -0.2) is 4.98 Å². The Morgan fingerprint density at radius 3 is 2.33 bits per heavy atom. The van der Waals surface area contributed by atoms with E-state index in [1.165, 1.54) is 0 Å². The van der Waals surface area contributed by atoms with Gasteiger partial charge in [0.25, 0.3) is 0 Å². The molecule has 0 amide bonds. The zero-order valence-electron chi connectivity index (χ0n) is 15.8. The molecule has 0 spiro atoms. The highest BCUT2D eigenvalue weighted by Gasteiger charge is 2.18. The molecular formula is C23H18Cl2N2OS2. The maximum Gasteiger partial charge on any atom is 0.158 e. The summed E-state index contributed by atoms with van der Waals surface area (Å²) in [6.45, 7) is 0.742. The molecule has 0 saturated carbocycles. The highest BCUT2D eigenvalue weighted by molar-refractivity contribution is 7.99. The lowest BCUT2D eigenvalue weighted by Crippen LogP contribution is -2.06. The van der Waals surface area contributed by atoms with E-state index in [9.17, 15) is 4.55 Å². The van der Waals surface area contributed by atoms with Crippen molar-refractivity contribution in [2.75, 3.05) is 0 Å². The van der Waals surface area contributed by atoms with Crippen LogP contribution in [0.15, 0.2) is 106 Å². The minimum Gasteiger partial charge on any atom is -0.606 e. The molecule has 0 bridgehead atoms. The van der Waals surface area contributed by atoms with Crippen LogP contribution in [-0.4, -0.2) is 14.1 Å². The first-order valence-electron chi connectivity index (χ1n) is 9.24. The predicted molar refractivity (Wildman–Crippen MR) is 125 cm³/mol. The molecule has 30 heavy (non-hydrogen) atoms. The van der Waals surface area contributed by atoms with Gasteiger partial charge in [-0.15, -0.1) is 11.8 Å². The fourth-order valence-corrected chi connectivity index (χ4v) is 5.62. The third-order valence-corrected chi connectivity index (χ3v) is 7.90. The maximum atomic E-state index is 12.8. The van der Waals surface area contributed by atoms with E-state index in [0.717, 1.165) is 26.8 Å². The van der Waals surface area contributed by atoms with Crippen LogP contribution in [0.4, 0.5) is 0 Å². The van der Waals surface area contributed by atoms with Crippen LogP contribution in [0.1, 0.15) is 10.8 Å². The molecule has 0 aliphatic carbocycles. The van der Waals surface area contributed by atoms with Gasteiger partial charge in [0, 0.05) is 35.0 Å². The summed E-state index contributed by atoms with van der Waals surface area (Å²) in [6, 6.07) is 23.1. The summed E-state index contributed by atoms with van der Waals surface area (Å²) < 4.78 is 14.9. The van der Waals surface area contributed by atoms with Crippen molar-refractivity contribution < 1.29 is 4.55 Å². The highest BCUT2D eigenvalue weighted by atomic mass is 35.5. The number of imidazole rings is 1. The molecule has 0 N–H and O–H groups in total. The molecule has 3 nitrogen and oxygen atoms in total. The van der Waals surface area contributed by atoms with Gasteiger partial charge in [0.05, 0.1) is 21.6 Å². The first kappa shape index (κ1) is 21.3. The van der Waals surface area contributed by atoms with Gasteiger partial charge >= 0.3 is 0 Å². The standard InChI is InChI=1S/C23H18Cl2N2OS2/c24-21-11-8-18(14-22(21)25)29-23(15-27-13-12-26-16-27)17-6-9-20(10-7-17)30(28)19-4-2-1-3-5-19/h1-14,16,23H,15H2. The Balaban J connectivity index is 1.58. The number of halogens is 2. The molecule has 0 fully saturated rings. The molecule has 0 aliphatic rings. The number of rotatable bonds is 7. The van der Waals surface area contributed by atoms with Crippen LogP contribution < -0.4 is 0 Å². The quantitative estimate of drug-likeness (QED) is 0.217. The average Bonchev–Trinajstić information content (AvgIpc) is 3.29. The molecule has 3 aromatic carbocycles. The Morgan fingerprint density at radius 2 is 1.67 bits per heavy atom. The molecule has 152 valence electrons. The number of nitrogens with zero attached hydrogens (tertiary/aromatic N) is 2. The Hall–Kier alpha value is -1.89. The number of benzene rings is 3. The third kappa shape index (κ3) is 5.23. The second-order valence-electron chi connectivity index (χ2n) is 6.59. The van der Waals surface area contributed by atoms with Crippen LogP contribution in [0, 0.1) is 0 Å². The minimum atomic E-state index is -1.20. The molecular weight excluding hydrogens is 455 g/mol. The van der Waals surface area contributed by atoms with Crippen molar-refractivity contribution >= 4 is 46.1 Å². The smallest absolute Gasteiger partial charge is 0.158 e. The second-order valence-corrected chi connectivity index (χ2v) is 10.2. The number of thioether (sulfide) groups is 1. The van der Waals surface area contributed by atoms with E-state index in [0.29, 0.717) is 10.0 Å². The Morgan fingerprint density at radius 1 is 0.933 bits per heavy atom. The van der Waals surface area contributed by atoms with Crippen molar-refractivity contribution in [3.63, 3.8) is 0 Å². The van der Waals surface area contributed by atoms with Gasteiger partial charge in [-0.2, -0.15) is 0 Å². The fraction of sp³-hybridized carbons (Fsp3) is 0.0870. The molecule has 4 rings (SSSR count). The molecule has 1 aromatic heterocycles. The summed E-state index contributed by atoms with van der Waals surface area (Å²) in [6.07, 6.45) is 5.52. The SMILES string of the molecule is [O-][S+](c1ccccc1)c1ccc(C(Cn2ccnc2)Sc2ccc(Cl)c(Cl)c2)cc1. The van der Waals surface area contributed by atoms with E-state index >= 15 is 0 Å². The fourth-order valence-electron chi connectivity index (χ4n) is 3.00. The monoisotopic (exact) mass is 472 g/mol. The van der Waals surface area contributed by atoms with Crippen molar-refractivity contribution in [1.82, 2.24) is 9.55 Å². The van der Waals surface area contributed by atoms with Crippen molar-refractivity contribution in [3.8, 4) is 0 Å². The van der Waals surface area contributed by atoms with Gasteiger partial charge in [-0.1, -0.05) is 53.5 Å². The number of hydrogen-bond acceptors (Lipinski definition) is 3. The topological polar surface area (TPSA) is 40.9 Å². The van der Waals surface area contributed by atoms with Crippen molar-refractivity contribution in [3.05, 3.63) is 107 Å². The first-order chi connectivity index (χ1) is 14.6. The summed E-state index contributed by atoms with van der Waals surface area (Å²) in [5, 5.41) is 1.20. The van der Waals surface area contributed by atoms with E-state index in [-0.39, 0.29) is 5.25 Å². The summed E-state index contributed by atoms with van der Waals surface area (Å²) in [5.74, 6) is 0. The van der Waals surface area contributed by atoms with Crippen LogP contribution in [-0.2, 0) is 17.7 Å². The van der Waals surface area contributed by atoms with Crippen LogP contribution >= 0.6 is 35.0 Å². The van der Waals surface area contributed by atoms with Crippen LogP contribution in [0.3, 0.4) is 0 Å². The summed E-state index contributed by atoms with van der Waals surface area (Å²) in [4.78, 5) is 6.76. The largest absolute Gasteiger partial charge is 0.606 e. The first-order valence-corrected chi connectivity index (χ1v) is 12.0. The number of aromatic nitrogens is 2. The Bertz CT molecular complexity index is 1090. The summed E-state index contributed by atoms with van der Waals surface area (Å²) >= 11 is 12.8. The van der Waals surface area contributed by atoms with Gasteiger partial charge in [0.2, 0.25) is 0 Å². The lowest BCUT2D eigenvalue weighted by Gasteiger charge is -2.19. The molecule has 0 saturated heterocycles. The van der Waals surface area contributed by atoms with E-state index in [1.807, 2.05) is 83.6 Å². The zero-order chi connectivity index (χ0) is 20.9. The molecule has 2 atom stereocenters. The molecule has 0 radical (unpaired) electrons. The van der Waals surface area contributed by atoms with Crippen molar-refractivity contribution in [2.24, 2.45) is 0 Å². The lowest BCUT2D eigenvalue weighted by molar-refractivity contribution is 0.595. The third-order valence-electron chi connectivity index (χ3n) is 4.53. The van der Waals surface area contributed by atoms with Gasteiger partial charge in [0.15, 0.2) is 9.79 Å². The molecule has 0 aliphatic heterocycles. The van der Waals surface area contributed by atoms with E-state index in [1.54, 1.807) is 24.3 Å². The molecule has 7 heteroatoms. The van der Waals surface area contributed by atoms with E-state index in [4.69, 9.17) is 23.2 Å². The zero-order valence-corrected chi connectivity index (χ0v) is 19.0. The second kappa shape index (κ2) is 9.94. The van der Waals surface area contributed by atoms with Gasteiger partial charge in [-0.05, 0) is 48.0 Å². The van der Waals surface area contributed by atoms with Crippen molar-refractivity contribution in [1.29, 1.82) is 0 Å². The van der Waals surface area contributed by atoms with Gasteiger partial charge in [-0.3, -0.25) is 0 Å². The molecule has 4 aromatic rings.